The minimum Gasteiger partial charge on any atom is -0.381 e. The number of rotatable bonds is 3. The van der Waals surface area contributed by atoms with Gasteiger partial charge in [-0.1, -0.05) is 0 Å². The minimum absolute atomic E-state index is 0.161. The molecule has 1 saturated carbocycles. The van der Waals surface area contributed by atoms with Crippen LogP contribution < -0.4 is 10.2 Å². The van der Waals surface area contributed by atoms with Crippen molar-refractivity contribution in [3.63, 3.8) is 0 Å². The van der Waals surface area contributed by atoms with E-state index in [-0.39, 0.29) is 5.92 Å². The first-order valence-corrected chi connectivity index (χ1v) is 7.46. The molecule has 1 heterocycles. The number of morpholine rings is 1. The molecule has 1 aliphatic carbocycles. The summed E-state index contributed by atoms with van der Waals surface area (Å²) >= 11 is 0. The normalized spacial score (nSPS) is 26.2. The molecule has 0 spiro atoms. The zero-order valence-electron chi connectivity index (χ0n) is 11.7. The summed E-state index contributed by atoms with van der Waals surface area (Å²) in [6, 6.07) is 11.3. The number of nitrogens with zero attached hydrogens (tertiary/aromatic N) is 2. The lowest BCUT2D eigenvalue weighted by molar-refractivity contribution is 0.122. The number of nitrogens with one attached hydrogen (secondary N) is 1. The summed E-state index contributed by atoms with van der Waals surface area (Å²) in [7, 11) is 0. The van der Waals surface area contributed by atoms with Crippen molar-refractivity contribution in [1.82, 2.24) is 0 Å². The average molecular weight is 271 g/mol. The number of ether oxygens (including phenoxy) is 1. The molecule has 1 aromatic rings. The Balaban J connectivity index is 1.62. The van der Waals surface area contributed by atoms with Crippen LogP contribution in [0, 0.1) is 17.2 Å². The van der Waals surface area contributed by atoms with Gasteiger partial charge in [-0.05, 0) is 43.5 Å². The molecule has 2 aliphatic rings. The van der Waals surface area contributed by atoms with Crippen LogP contribution in [0.4, 0.5) is 11.4 Å². The summed E-state index contributed by atoms with van der Waals surface area (Å²) in [5, 5.41) is 12.6. The van der Waals surface area contributed by atoms with Crippen molar-refractivity contribution < 1.29 is 4.74 Å². The van der Waals surface area contributed by atoms with E-state index in [9.17, 15) is 0 Å². The van der Waals surface area contributed by atoms with Crippen molar-refractivity contribution in [2.45, 2.75) is 25.3 Å². The molecule has 2 fully saturated rings. The van der Waals surface area contributed by atoms with E-state index in [0.29, 0.717) is 6.04 Å². The average Bonchev–Trinajstić information content (AvgIpc) is 2.96. The van der Waals surface area contributed by atoms with E-state index < -0.39 is 0 Å². The predicted octanol–water partition coefficient (Wildman–Crippen LogP) is 2.63. The highest BCUT2D eigenvalue weighted by molar-refractivity contribution is 5.55. The summed E-state index contributed by atoms with van der Waals surface area (Å²) in [6.07, 6.45) is 3.28. The molecule has 1 N–H and O–H groups in total. The highest BCUT2D eigenvalue weighted by Crippen LogP contribution is 2.28. The van der Waals surface area contributed by atoms with E-state index in [2.05, 4.69) is 40.6 Å². The Hall–Kier alpha value is -1.73. The monoisotopic (exact) mass is 271 g/mol. The molecule has 0 bridgehead atoms. The van der Waals surface area contributed by atoms with Crippen molar-refractivity contribution >= 4 is 11.4 Å². The quantitative estimate of drug-likeness (QED) is 0.918. The Labute approximate surface area is 120 Å². The largest absolute Gasteiger partial charge is 0.381 e. The first kappa shape index (κ1) is 13.3. The molecule has 2 atom stereocenters. The summed E-state index contributed by atoms with van der Waals surface area (Å²) < 4.78 is 5.37. The molecule has 106 valence electrons. The maximum atomic E-state index is 9.12. The highest BCUT2D eigenvalue weighted by Gasteiger charge is 2.26. The third kappa shape index (κ3) is 2.88. The standard InChI is InChI=1S/C16H21N3O/c17-12-13-2-1-3-16(13)18-14-4-6-15(7-5-14)19-8-10-20-11-9-19/h4-7,13,16,18H,1-3,8-11H2. The number of anilines is 2. The van der Waals surface area contributed by atoms with Crippen molar-refractivity contribution in [1.29, 1.82) is 5.26 Å². The van der Waals surface area contributed by atoms with E-state index in [4.69, 9.17) is 10.00 Å². The Bertz CT molecular complexity index is 473. The molecular weight excluding hydrogens is 250 g/mol. The predicted molar refractivity (Wildman–Crippen MR) is 79.8 cm³/mol. The zero-order chi connectivity index (χ0) is 13.8. The third-order valence-electron chi connectivity index (χ3n) is 4.28. The zero-order valence-corrected chi connectivity index (χ0v) is 11.7. The minimum atomic E-state index is 0.161. The molecular formula is C16H21N3O. The van der Waals surface area contributed by atoms with E-state index in [0.717, 1.165) is 51.3 Å². The van der Waals surface area contributed by atoms with Gasteiger partial charge in [0, 0.05) is 30.5 Å². The number of benzene rings is 1. The van der Waals surface area contributed by atoms with Gasteiger partial charge in [-0.25, -0.2) is 0 Å². The van der Waals surface area contributed by atoms with Gasteiger partial charge in [0.1, 0.15) is 0 Å². The van der Waals surface area contributed by atoms with Crippen LogP contribution >= 0.6 is 0 Å². The Kier molecular flexibility index (Phi) is 4.08. The molecule has 20 heavy (non-hydrogen) atoms. The second-order valence-corrected chi connectivity index (χ2v) is 5.56. The smallest absolute Gasteiger partial charge is 0.0677 e. The molecule has 3 rings (SSSR count). The second-order valence-electron chi connectivity index (χ2n) is 5.56. The van der Waals surface area contributed by atoms with Crippen molar-refractivity contribution in [2.24, 2.45) is 5.92 Å². The van der Waals surface area contributed by atoms with Gasteiger partial charge in [0.15, 0.2) is 0 Å². The van der Waals surface area contributed by atoms with Crippen LogP contribution in [0.1, 0.15) is 19.3 Å². The number of hydrogen-bond acceptors (Lipinski definition) is 4. The van der Waals surface area contributed by atoms with Gasteiger partial charge >= 0.3 is 0 Å². The first-order valence-electron chi connectivity index (χ1n) is 7.46. The topological polar surface area (TPSA) is 48.3 Å². The molecule has 4 heteroatoms. The van der Waals surface area contributed by atoms with E-state index >= 15 is 0 Å². The molecule has 2 unspecified atom stereocenters. The van der Waals surface area contributed by atoms with Crippen LogP contribution in [0.3, 0.4) is 0 Å². The Morgan fingerprint density at radius 3 is 2.60 bits per heavy atom. The fourth-order valence-corrected chi connectivity index (χ4v) is 3.09. The molecule has 0 amide bonds. The van der Waals surface area contributed by atoms with Crippen LogP contribution in [-0.2, 0) is 4.74 Å². The van der Waals surface area contributed by atoms with Crippen molar-refractivity contribution in [3.8, 4) is 6.07 Å². The van der Waals surface area contributed by atoms with Crippen LogP contribution in [0.15, 0.2) is 24.3 Å². The van der Waals surface area contributed by atoms with Gasteiger partial charge in [0.05, 0.1) is 25.2 Å². The van der Waals surface area contributed by atoms with E-state index in [1.165, 1.54) is 5.69 Å². The maximum absolute atomic E-state index is 9.12. The molecule has 1 saturated heterocycles. The molecule has 0 aromatic heterocycles. The second kappa shape index (κ2) is 6.15. The highest BCUT2D eigenvalue weighted by atomic mass is 16.5. The van der Waals surface area contributed by atoms with Crippen molar-refractivity contribution in [3.05, 3.63) is 24.3 Å². The Morgan fingerprint density at radius 1 is 1.15 bits per heavy atom. The molecule has 1 aliphatic heterocycles. The summed E-state index contributed by atoms with van der Waals surface area (Å²) in [5.41, 5.74) is 2.37. The van der Waals surface area contributed by atoms with Crippen LogP contribution in [-0.4, -0.2) is 32.3 Å². The lowest BCUT2D eigenvalue weighted by atomic mass is 10.1. The van der Waals surface area contributed by atoms with Gasteiger partial charge in [-0.15, -0.1) is 0 Å². The summed E-state index contributed by atoms with van der Waals surface area (Å²) in [6.45, 7) is 3.55. The summed E-state index contributed by atoms with van der Waals surface area (Å²) in [5.74, 6) is 0.161. The van der Waals surface area contributed by atoms with Crippen LogP contribution in [0.5, 0.6) is 0 Å². The summed E-state index contributed by atoms with van der Waals surface area (Å²) in [4.78, 5) is 2.35. The lowest BCUT2D eigenvalue weighted by Gasteiger charge is -2.29. The van der Waals surface area contributed by atoms with Gasteiger partial charge in [-0.3, -0.25) is 0 Å². The fourth-order valence-electron chi connectivity index (χ4n) is 3.09. The van der Waals surface area contributed by atoms with Gasteiger partial charge in [0.25, 0.3) is 0 Å². The third-order valence-corrected chi connectivity index (χ3v) is 4.28. The van der Waals surface area contributed by atoms with Gasteiger partial charge in [0.2, 0.25) is 0 Å². The number of hydrogen-bond donors (Lipinski definition) is 1. The molecule has 0 radical (unpaired) electrons. The van der Waals surface area contributed by atoms with Crippen LogP contribution in [0.25, 0.3) is 0 Å². The van der Waals surface area contributed by atoms with Gasteiger partial charge < -0.3 is 15.0 Å². The molecule has 1 aromatic carbocycles. The molecule has 4 nitrogen and oxygen atoms in total. The SMILES string of the molecule is N#CC1CCCC1Nc1ccc(N2CCOCC2)cc1. The maximum Gasteiger partial charge on any atom is 0.0677 e. The lowest BCUT2D eigenvalue weighted by Crippen LogP contribution is -2.36. The van der Waals surface area contributed by atoms with Crippen molar-refractivity contribution in [2.75, 3.05) is 36.5 Å². The van der Waals surface area contributed by atoms with E-state index in [1.54, 1.807) is 0 Å². The fraction of sp³-hybridized carbons (Fsp3) is 0.562. The first-order chi connectivity index (χ1) is 9.86. The van der Waals surface area contributed by atoms with Gasteiger partial charge in [-0.2, -0.15) is 5.26 Å². The van der Waals surface area contributed by atoms with E-state index in [1.807, 2.05) is 0 Å². The Morgan fingerprint density at radius 2 is 1.90 bits per heavy atom. The van der Waals surface area contributed by atoms with Crippen LogP contribution in [0.2, 0.25) is 0 Å². The number of nitriles is 1.